The Hall–Kier alpha value is -2.15. The maximum atomic E-state index is 12.6. The highest BCUT2D eigenvalue weighted by Gasteiger charge is 2.27. The number of phosphoric ester groups is 1. The average molecular weight is 789 g/mol. The number of aliphatic hydroxyl groups is 4. The lowest BCUT2D eigenvalue weighted by Crippen LogP contribution is -2.30. The molecule has 0 fully saturated rings. The minimum absolute atomic E-state index is 0.130. The highest BCUT2D eigenvalue weighted by molar-refractivity contribution is 7.47. The van der Waals surface area contributed by atoms with Gasteiger partial charge in [-0.15, -0.1) is 0 Å². The normalized spacial score (nSPS) is 15.7. The van der Waals surface area contributed by atoms with Gasteiger partial charge in [0, 0.05) is 12.8 Å². The van der Waals surface area contributed by atoms with E-state index >= 15 is 0 Å². The molecule has 0 heterocycles. The van der Waals surface area contributed by atoms with Gasteiger partial charge < -0.3 is 34.8 Å². The Labute approximate surface area is 325 Å². The second-order valence-corrected chi connectivity index (χ2v) is 15.5. The second-order valence-electron chi connectivity index (χ2n) is 14.1. The van der Waals surface area contributed by atoms with E-state index in [2.05, 4.69) is 55.7 Å². The monoisotopic (exact) mass is 788 g/mol. The second kappa shape index (κ2) is 35.3. The van der Waals surface area contributed by atoms with Crippen molar-refractivity contribution in [3.8, 4) is 0 Å². The first-order chi connectivity index (χ1) is 25.9. The third-order valence-corrected chi connectivity index (χ3v) is 9.33. The Kier molecular flexibility index (Phi) is 33.9. The van der Waals surface area contributed by atoms with E-state index in [4.69, 9.17) is 19.1 Å². The molecule has 1 unspecified atom stereocenters. The summed E-state index contributed by atoms with van der Waals surface area (Å²) < 4.78 is 32.4. The first-order valence-electron chi connectivity index (χ1n) is 20.1. The topological polar surface area (TPSA) is 189 Å². The zero-order chi connectivity index (χ0) is 40.3. The molecular formula is C41H73O12P. The number of unbranched alkanes of at least 4 members (excludes halogenated alkanes) is 8. The van der Waals surface area contributed by atoms with E-state index in [1.165, 1.54) is 38.5 Å². The van der Waals surface area contributed by atoms with E-state index in [9.17, 15) is 34.4 Å². The quantitative estimate of drug-likeness (QED) is 0.0179. The number of aliphatic hydroxyl groups excluding tert-OH is 4. The van der Waals surface area contributed by atoms with E-state index < -0.39 is 70.6 Å². The third kappa shape index (κ3) is 34.3. The first kappa shape index (κ1) is 51.9. The minimum atomic E-state index is -4.70. The Morgan fingerprint density at radius 1 is 0.630 bits per heavy atom. The van der Waals surface area contributed by atoms with E-state index in [1.807, 2.05) is 12.2 Å². The maximum Gasteiger partial charge on any atom is 0.472 e. The first-order valence-corrected chi connectivity index (χ1v) is 21.6. The molecule has 0 bridgehead atoms. The van der Waals surface area contributed by atoms with Gasteiger partial charge in [0.05, 0.1) is 32.0 Å². The lowest BCUT2D eigenvalue weighted by Gasteiger charge is -2.20. The molecule has 0 rings (SSSR count). The molecule has 0 radical (unpaired) electrons. The molecule has 54 heavy (non-hydrogen) atoms. The van der Waals surface area contributed by atoms with Crippen LogP contribution in [0.4, 0.5) is 0 Å². The third-order valence-electron chi connectivity index (χ3n) is 8.38. The molecule has 0 aliphatic heterocycles. The molecule has 0 aliphatic rings. The summed E-state index contributed by atoms with van der Waals surface area (Å²) in [6.07, 6.45) is 27.0. The fourth-order valence-electron chi connectivity index (χ4n) is 5.15. The number of rotatable bonds is 36. The van der Waals surface area contributed by atoms with Gasteiger partial charge in [-0.1, -0.05) is 127 Å². The molecule has 0 aromatic heterocycles. The standard InChI is InChI=1S/C41H73O12P/c1-4-5-6-7-8-9-10-11-14-17-20-23-27-38(44)39(45)28-25-30-41(47)53-37(34-52-54(48,49)51-32-36(43)31-42)33-50-40(46)29-24-21-18-15-12-13-16-19-22-26-35(2)3/h5-6,8-9,11,14,20,23,35-39,42-45H,4,7,10,12-13,15-19,21-22,24-34H2,1-3H3,(H,48,49)/b6-5-,9-8-,14-11-,23-20-/t36-,37+,38+,39+/m0/s1. The van der Waals surface area contributed by atoms with Crippen LogP contribution in [-0.2, 0) is 32.7 Å². The lowest BCUT2D eigenvalue weighted by atomic mass is 10.0. The van der Waals surface area contributed by atoms with Crippen LogP contribution in [0.15, 0.2) is 48.6 Å². The van der Waals surface area contributed by atoms with Crippen molar-refractivity contribution in [2.45, 2.75) is 167 Å². The maximum absolute atomic E-state index is 12.6. The Morgan fingerprint density at radius 3 is 1.72 bits per heavy atom. The van der Waals surface area contributed by atoms with Crippen molar-refractivity contribution < 1.29 is 58.0 Å². The van der Waals surface area contributed by atoms with E-state index in [0.29, 0.717) is 12.8 Å². The highest BCUT2D eigenvalue weighted by Crippen LogP contribution is 2.43. The molecule has 12 nitrogen and oxygen atoms in total. The van der Waals surface area contributed by atoms with Gasteiger partial charge in [-0.05, 0) is 57.3 Å². The van der Waals surface area contributed by atoms with Crippen LogP contribution < -0.4 is 0 Å². The van der Waals surface area contributed by atoms with Gasteiger partial charge >= 0.3 is 19.8 Å². The number of ether oxygens (including phenoxy) is 2. The molecule has 0 aromatic rings. The van der Waals surface area contributed by atoms with E-state index in [-0.39, 0.29) is 32.1 Å². The van der Waals surface area contributed by atoms with Crippen LogP contribution in [0.3, 0.4) is 0 Å². The summed E-state index contributed by atoms with van der Waals surface area (Å²) in [7, 11) is -4.70. The van der Waals surface area contributed by atoms with Crippen LogP contribution in [0.2, 0.25) is 0 Å². The van der Waals surface area contributed by atoms with Crippen molar-refractivity contribution in [3.63, 3.8) is 0 Å². The van der Waals surface area contributed by atoms with Gasteiger partial charge in [-0.3, -0.25) is 18.6 Å². The van der Waals surface area contributed by atoms with Crippen LogP contribution in [0.25, 0.3) is 0 Å². The van der Waals surface area contributed by atoms with Crippen LogP contribution >= 0.6 is 7.82 Å². The van der Waals surface area contributed by atoms with Crippen molar-refractivity contribution in [2.75, 3.05) is 26.4 Å². The van der Waals surface area contributed by atoms with Gasteiger partial charge in [0.2, 0.25) is 0 Å². The number of phosphoric acid groups is 1. The van der Waals surface area contributed by atoms with Gasteiger partial charge in [-0.25, -0.2) is 4.57 Å². The van der Waals surface area contributed by atoms with Crippen LogP contribution in [0, 0.1) is 5.92 Å². The molecule has 0 aromatic carbocycles. The summed E-state index contributed by atoms with van der Waals surface area (Å²) in [6.45, 7) is 4.18. The summed E-state index contributed by atoms with van der Waals surface area (Å²) >= 11 is 0. The van der Waals surface area contributed by atoms with Crippen molar-refractivity contribution >= 4 is 19.8 Å². The predicted octanol–water partition coefficient (Wildman–Crippen LogP) is 7.96. The zero-order valence-electron chi connectivity index (χ0n) is 33.3. The smallest absolute Gasteiger partial charge is 0.462 e. The fraction of sp³-hybridized carbons (Fsp3) is 0.756. The summed E-state index contributed by atoms with van der Waals surface area (Å²) in [6, 6.07) is 0. The molecule has 0 saturated carbocycles. The number of carbonyl (C=O) groups excluding carboxylic acids is 2. The SMILES string of the molecule is CC/C=C\C/C=C\C/C=C\C/C=C\C[C@@H](O)[C@H](O)CCCC(=O)O[C@H](COC(=O)CCCCCCCCCCCC(C)C)COP(=O)(O)OC[C@@H](O)CO. The van der Waals surface area contributed by atoms with Crippen LogP contribution in [-0.4, -0.2) is 88.1 Å². The van der Waals surface area contributed by atoms with E-state index in [0.717, 1.165) is 44.4 Å². The van der Waals surface area contributed by atoms with Crippen molar-refractivity contribution in [1.29, 1.82) is 0 Å². The number of allylic oxidation sites excluding steroid dienone is 7. The fourth-order valence-corrected chi connectivity index (χ4v) is 5.94. The molecule has 0 amide bonds. The molecular weight excluding hydrogens is 715 g/mol. The Bertz CT molecular complexity index is 1090. The number of carbonyl (C=O) groups is 2. The Balaban J connectivity index is 4.62. The molecule has 5 N–H and O–H groups in total. The minimum Gasteiger partial charge on any atom is -0.462 e. The molecule has 0 spiro atoms. The van der Waals surface area contributed by atoms with Crippen LogP contribution in [0.1, 0.15) is 143 Å². The number of hydrogen-bond acceptors (Lipinski definition) is 11. The largest absolute Gasteiger partial charge is 0.472 e. The van der Waals surface area contributed by atoms with Crippen molar-refractivity contribution in [2.24, 2.45) is 5.92 Å². The highest BCUT2D eigenvalue weighted by atomic mass is 31.2. The zero-order valence-corrected chi connectivity index (χ0v) is 34.2. The summed E-state index contributed by atoms with van der Waals surface area (Å²) in [5.74, 6) is -0.459. The lowest BCUT2D eigenvalue weighted by molar-refractivity contribution is -0.161. The summed E-state index contributed by atoms with van der Waals surface area (Å²) in [5, 5.41) is 39.0. The summed E-state index contributed by atoms with van der Waals surface area (Å²) in [4.78, 5) is 34.9. The molecule has 0 saturated heterocycles. The van der Waals surface area contributed by atoms with Gasteiger partial charge in [0.15, 0.2) is 6.10 Å². The van der Waals surface area contributed by atoms with Gasteiger partial charge in [0.1, 0.15) is 12.7 Å². The van der Waals surface area contributed by atoms with Crippen molar-refractivity contribution in [3.05, 3.63) is 48.6 Å². The number of esters is 2. The predicted molar refractivity (Wildman–Crippen MR) is 212 cm³/mol. The van der Waals surface area contributed by atoms with Crippen LogP contribution in [0.5, 0.6) is 0 Å². The van der Waals surface area contributed by atoms with E-state index in [1.54, 1.807) is 6.08 Å². The molecule has 0 aliphatic carbocycles. The molecule has 5 atom stereocenters. The van der Waals surface area contributed by atoms with Gasteiger partial charge in [0.25, 0.3) is 0 Å². The molecule has 13 heteroatoms. The summed E-state index contributed by atoms with van der Waals surface area (Å²) in [5.41, 5.74) is 0. The van der Waals surface area contributed by atoms with Crippen molar-refractivity contribution in [1.82, 2.24) is 0 Å². The Morgan fingerprint density at radius 2 is 1.15 bits per heavy atom. The number of hydrogen-bond donors (Lipinski definition) is 5. The van der Waals surface area contributed by atoms with Gasteiger partial charge in [-0.2, -0.15) is 0 Å². The molecule has 314 valence electrons. The average Bonchev–Trinajstić information content (AvgIpc) is 3.14.